The highest BCUT2D eigenvalue weighted by Gasteiger charge is 2.37. The Morgan fingerprint density at radius 3 is 1.16 bits per heavy atom. The molecule has 6 nitrogen and oxygen atoms in total. The molecule has 2 aliphatic carbocycles. The Kier molecular flexibility index (Phi) is 8.30. The lowest BCUT2D eigenvalue weighted by Crippen LogP contribution is -2.27. The van der Waals surface area contributed by atoms with Crippen LogP contribution in [0.5, 0.6) is 0 Å². The zero-order valence-corrected chi connectivity index (χ0v) is 26.2. The lowest BCUT2D eigenvalue weighted by atomic mass is 9.75. The van der Waals surface area contributed by atoms with Crippen LogP contribution in [0.1, 0.15) is 96.3 Å². The summed E-state index contributed by atoms with van der Waals surface area (Å²) in [6, 6.07) is 21.2. The minimum Gasteiger partial charge on any atom is -0.427 e. The molecule has 0 spiro atoms. The fraction of sp³-hybridized carbons (Fsp3) is 0.316. The van der Waals surface area contributed by atoms with Crippen LogP contribution in [0.4, 0.5) is 0 Å². The minimum absolute atomic E-state index is 0.0605. The topological polar surface area (TPSA) is 86.7 Å². The van der Waals surface area contributed by atoms with Crippen LogP contribution in [0.3, 0.4) is 0 Å². The van der Waals surface area contributed by atoms with Crippen molar-refractivity contribution in [2.75, 3.05) is 0 Å². The maximum atomic E-state index is 13.3. The second-order valence-electron chi connectivity index (χ2n) is 13.6. The maximum absolute atomic E-state index is 13.3. The zero-order valence-electron chi connectivity index (χ0n) is 26.2. The molecule has 0 N–H and O–H groups in total. The van der Waals surface area contributed by atoms with Crippen molar-refractivity contribution in [2.24, 2.45) is 10.8 Å². The molecule has 3 aromatic carbocycles. The number of Topliss-reactive ketones (excluding diaryl/α,β-unsaturated/α-hetero) is 2. The van der Waals surface area contributed by atoms with Crippen LogP contribution < -0.4 is 0 Å². The molecule has 0 amide bonds. The van der Waals surface area contributed by atoms with Crippen LogP contribution in [0, 0.1) is 24.7 Å². The number of hydrogen-bond donors (Lipinski definition) is 0. The van der Waals surface area contributed by atoms with Gasteiger partial charge >= 0.3 is 11.9 Å². The van der Waals surface area contributed by atoms with Crippen LogP contribution in [0.25, 0.3) is 11.1 Å². The number of rotatable bonds is 6. The fourth-order valence-corrected chi connectivity index (χ4v) is 5.87. The molecule has 5 rings (SSSR count). The third kappa shape index (κ3) is 6.80. The van der Waals surface area contributed by atoms with Gasteiger partial charge in [0.15, 0.2) is 11.6 Å². The molecule has 0 saturated heterocycles. The third-order valence-electron chi connectivity index (χ3n) is 8.14. The summed E-state index contributed by atoms with van der Waals surface area (Å²) >= 11 is 0. The van der Waals surface area contributed by atoms with Crippen molar-refractivity contribution in [1.29, 1.82) is 0 Å². The van der Waals surface area contributed by atoms with Crippen LogP contribution in [-0.4, -0.2) is 23.5 Å². The Morgan fingerprint density at radius 2 is 0.841 bits per heavy atom. The van der Waals surface area contributed by atoms with Gasteiger partial charge in [0.2, 0.25) is 0 Å². The average molecular weight is 591 g/mol. The number of benzene rings is 3. The summed E-state index contributed by atoms with van der Waals surface area (Å²) < 4.78 is 11.7. The monoisotopic (exact) mass is 590 g/mol. The number of allylic oxidation sites excluding steroid dienone is 4. The highest BCUT2D eigenvalue weighted by molar-refractivity contribution is 6.23. The molecule has 3 aromatic rings. The van der Waals surface area contributed by atoms with Gasteiger partial charge in [0, 0.05) is 25.7 Å². The van der Waals surface area contributed by atoms with Gasteiger partial charge < -0.3 is 9.47 Å². The van der Waals surface area contributed by atoms with E-state index < -0.39 is 11.9 Å². The summed E-state index contributed by atoms with van der Waals surface area (Å²) in [4.78, 5) is 52.9. The highest BCUT2D eigenvalue weighted by atomic mass is 16.5. The first-order chi connectivity index (χ1) is 20.7. The molecule has 0 radical (unpaired) electrons. The Morgan fingerprint density at radius 1 is 0.523 bits per heavy atom. The van der Waals surface area contributed by atoms with Gasteiger partial charge in [-0.15, -0.1) is 0 Å². The predicted octanol–water partition coefficient (Wildman–Crippen LogP) is 8.22. The SMILES string of the molecule is Cc1ccc(C2=C(OC(=O)c3ccc(C(=O)OC4=C(c5ccc(C)cc5)C(=O)CC(C)(C)C4)cc3)CC(C)(C)CC2=O)cc1. The van der Waals surface area contributed by atoms with Crippen molar-refractivity contribution >= 4 is 34.7 Å². The second kappa shape index (κ2) is 11.8. The van der Waals surface area contributed by atoms with Crippen LogP contribution in [0.2, 0.25) is 0 Å². The predicted molar refractivity (Wildman–Crippen MR) is 170 cm³/mol. The number of aryl methyl sites for hydroxylation is 2. The Hall–Kier alpha value is -4.58. The van der Waals surface area contributed by atoms with Crippen molar-refractivity contribution < 1.29 is 28.7 Å². The van der Waals surface area contributed by atoms with Gasteiger partial charge in [-0.3, -0.25) is 9.59 Å². The number of ketones is 2. The van der Waals surface area contributed by atoms with E-state index in [0.29, 0.717) is 48.3 Å². The quantitative estimate of drug-likeness (QED) is 0.269. The maximum Gasteiger partial charge on any atom is 0.343 e. The van der Waals surface area contributed by atoms with Crippen molar-refractivity contribution in [3.63, 3.8) is 0 Å². The molecule has 0 aromatic heterocycles. The average Bonchev–Trinajstić information content (AvgIpc) is 2.93. The van der Waals surface area contributed by atoms with Gasteiger partial charge in [-0.1, -0.05) is 87.4 Å². The lowest BCUT2D eigenvalue weighted by Gasteiger charge is -2.31. The molecule has 0 saturated carbocycles. The summed E-state index contributed by atoms with van der Waals surface area (Å²) in [7, 11) is 0. The molecule has 0 atom stereocenters. The molecule has 0 bridgehead atoms. The van der Waals surface area contributed by atoms with E-state index in [4.69, 9.17) is 9.47 Å². The summed E-state index contributed by atoms with van der Waals surface area (Å²) in [6.45, 7) is 11.9. The van der Waals surface area contributed by atoms with E-state index in [1.807, 2.05) is 90.1 Å². The molecule has 6 heteroatoms. The largest absolute Gasteiger partial charge is 0.427 e. The smallest absolute Gasteiger partial charge is 0.343 e. The summed E-state index contributed by atoms with van der Waals surface area (Å²) in [6.07, 6.45) is 1.59. The first kappa shape index (κ1) is 30.9. The van der Waals surface area contributed by atoms with Crippen LogP contribution in [-0.2, 0) is 19.1 Å². The number of ether oxygens (including phenoxy) is 2. The van der Waals surface area contributed by atoms with E-state index in [1.54, 1.807) is 0 Å². The standard InChI is InChI=1S/C38H38O6/c1-23-7-11-25(12-8-23)33-29(39)19-37(3,4)21-31(33)43-35(41)27-15-17-28(18-16-27)36(42)44-32-22-38(5,6)20-30(40)34(32)26-13-9-24(2)10-14-26/h7-18H,19-22H2,1-6H3. The summed E-state index contributed by atoms with van der Waals surface area (Å²) in [5, 5.41) is 0. The number of esters is 2. The number of carbonyl (C=O) groups is 4. The number of hydrogen-bond acceptors (Lipinski definition) is 6. The van der Waals surface area contributed by atoms with E-state index in [0.717, 1.165) is 22.3 Å². The Bertz CT molecular complexity index is 1570. The van der Waals surface area contributed by atoms with Gasteiger partial charge in [0.1, 0.15) is 11.5 Å². The van der Waals surface area contributed by atoms with E-state index >= 15 is 0 Å². The minimum atomic E-state index is -0.612. The van der Waals surface area contributed by atoms with E-state index in [-0.39, 0.29) is 33.5 Å². The van der Waals surface area contributed by atoms with Crippen LogP contribution >= 0.6 is 0 Å². The molecule has 0 unspecified atom stereocenters. The first-order valence-corrected chi connectivity index (χ1v) is 14.9. The first-order valence-electron chi connectivity index (χ1n) is 14.9. The van der Waals surface area contributed by atoms with Crippen molar-refractivity contribution in [3.05, 3.63) is 118 Å². The molecular weight excluding hydrogens is 552 g/mol. The molecule has 2 aliphatic rings. The summed E-state index contributed by atoms with van der Waals surface area (Å²) in [5.41, 5.74) is 4.21. The van der Waals surface area contributed by atoms with E-state index in [9.17, 15) is 19.2 Å². The molecule has 0 aliphatic heterocycles. The van der Waals surface area contributed by atoms with Gasteiger partial charge in [-0.05, 0) is 60.1 Å². The molecule has 226 valence electrons. The van der Waals surface area contributed by atoms with Gasteiger partial charge in [0.25, 0.3) is 0 Å². The van der Waals surface area contributed by atoms with Crippen LogP contribution in [0.15, 0.2) is 84.3 Å². The van der Waals surface area contributed by atoms with Gasteiger partial charge in [-0.25, -0.2) is 9.59 Å². The molecule has 44 heavy (non-hydrogen) atoms. The van der Waals surface area contributed by atoms with Gasteiger partial charge in [0.05, 0.1) is 22.3 Å². The molecular formula is C38H38O6. The van der Waals surface area contributed by atoms with Crippen molar-refractivity contribution in [3.8, 4) is 0 Å². The lowest BCUT2D eigenvalue weighted by molar-refractivity contribution is -0.117. The molecule has 0 fully saturated rings. The van der Waals surface area contributed by atoms with Crippen molar-refractivity contribution in [1.82, 2.24) is 0 Å². The second-order valence-corrected chi connectivity index (χ2v) is 13.6. The fourth-order valence-electron chi connectivity index (χ4n) is 5.87. The Labute approximate surface area is 258 Å². The zero-order chi connectivity index (χ0) is 31.8. The number of carbonyl (C=O) groups excluding carboxylic acids is 4. The molecule has 0 heterocycles. The Balaban J connectivity index is 1.38. The van der Waals surface area contributed by atoms with Gasteiger partial charge in [-0.2, -0.15) is 0 Å². The van der Waals surface area contributed by atoms with E-state index in [1.165, 1.54) is 24.3 Å². The normalized spacial score (nSPS) is 17.9. The third-order valence-corrected chi connectivity index (χ3v) is 8.14. The van der Waals surface area contributed by atoms with Crippen molar-refractivity contribution in [2.45, 2.75) is 67.2 Å². The summed E-state index contributed by atoms with van der Waals surface area (Å²) in [5.74, 6) is -0.644. The van der Waals surface area contributed by atoms with E-state index in [2.05, 4.69) is 0 Å². The highest BCUT2D eigenvalue weighted by Crippen LogP contribution is 2.42.